The topological polar surface area (TPSA) is 38.7 Å². The summed E-state index contributed by atoms with van der Waals surface area (Å²) in [5.74, 6) is 5.10. The van der Waals surface area contributed by atoms with E-state index in [1.807, 2.05) is 12.1 Å². The van der Waals surface area contributed by atoms with Gasteiger partial charge in [0.15, 0.2) is 11.5 Å². The molecule has 3 nitrogen and oxygen atoms in total. The Bertz CT molecular complexity index is 557. The van der Waals surface area contributed by atoms with E-state index in [0.29, 0.717) is 17.4 Å². The van der Waals surface area contributed by atoms with E-state index in [0.717, 1.165) is 33.7 Å². The van der Waals surface area contributed by atoms with Gasteiger partial charge >= 0.3 is 0 Å². The Morgan fingerprint density at radius 1 is 1.10 bits per heavy atom. The Morgan fingerprint density at radius 2 is 1.67 bits per heavy atom. The van der Waals surface area contributed by atoms with Gasteiger partial charge in [-0.25, -0.2) is 0 Å². The summed E-state index contributed by atoms with van der Waals surface area (Å²) >= 11 is 3.58. The molecule has 0 amide bonds. The molecule has 0 aliphatic heterocycles. The number of benzene rings is 1. The predicted octanol–water partition coefficient (Wildman–Crippen LogP) is 3.79. The highest BCUT2D eigenvalue weighted by molar-refractivity contribution is 9.10. The van der Waals surface area contributed by atoms with E-state index in [9.17, 15) is 5.11 Å². The molecule has 0 spiro atoms. The van der Waals surface area contributed by atoms with Gasteiger partial charge in [-0.05, 0) is 66.5 Å². The van der Waals surface area contributed by atoms with E-state index in [1.54, 1.807) is 14.2 Å². The van der Waals surface area contributed by atoms with Crippen molar-refractivity contribution in [1.82, 2.24) is 0 Å². The van der Waals surface area contributed by atoms with Crippen LogP contribution in [-0.2, 0) is 0 Å². The molecule has 21 heavy (non-hydrogen) atoms. The molecule has 4 rings (SSSR count). The maximum atomic E-state index is 10.9. The zero-order valence-corrected chi connectivity index (χ0v) is 14.0. The zero-order valence-electron chi connectivity index (χ0n) is 12.4. The van der Waals surface area contributed by atoms with E-state index in [-0.39, 0.29) is 0 Å². The summed E-state index contributed by atoms with van der Waals surface area (Å²) in [6.07, 6.45) is 3.77. The van der Waals surface area contributed by atoms with Gasteiger partial charge in [-0.2, -0.15) is 0 Å². The number of aliphatic hydroxyl groups is 1. The number of hydrogen-bond donors (Lipinski definition) is 1. The molecule has 5 atom stereocenters. The highest BCUT2D eigenvalue weighted by Crippen LogP contribution is 2.72. The summed E-state index contributed by atoms with van der Waals surface area (Å²) in [7, 11) is 3.26. The molecule has 5 unspecified atom stereocenters. The number of ether oxygens (including phenoxy) is 2. The van der Waals surface area contributed by atoms with Crippen LogP contribution in [0.1, 0.15) is 30.9 Å². The van der Waals surface area contributed by atoms with Gasteiger partial charge < -0.3 is 14.6 Å². The lowest BCUT2D eigenvalue weighted by Crippen LogP contribution is -2.09. The lowest BCUT2D eigenvalue weighted by molar-refractivity contribution is 0.129. The average Bonchev–Trinajstić information content (AvgIpc) is 2.93. The smallest absolute Gasteiger partial charge is 0.161 e. The molecule has 3 aliphatic carbocycles. The Balaban J connectivity index is 1.62. The fourth-order valence-corrected chi connectivity index (χ4v) is 5.68. The van der Waals surface area contributed by atoms with Crippen LogP contribution in [0.4, 0.5) is 0 Å². The Labute approximate surface area is 133 Å². The van der Waals surface area contributed by atoms with Crippen LogP contribution in [0.25, 0.3) is 0 Å². The fourth-order valence-electron chi connectivity index (χ4n) is 5.12. The number of rotatable bonds is 4. The third-order valence-corrected chi connectivity index (χ3v) is 6.67. The van der Waals surface area contributed by atoms with Crippen molar-refractivity contribution in [2.75, 3.05) is 14.2 Å². The van der Waals surface area contributed by atoms with Crippen molar-refractivity contribution in [3.63, 3.8) is 0 Å². The van der Waals surface area contributed by atoms with Gasteiger partial charge in [0, 0.05) is 4.47 Å². The molecule has 0 aromatic heterocycles. The van der Waals surface area contributed by atoms with E-state index in [4.69, 9.17) is 9.47 Å². The van der Waals surface area contributed by atoms with Gasteiger partial charge in [0.2, 0.25) is 0 Å². The molecule has 0 saturated heterocycles. The second kappa shape index (κ2) is 4.88. The van der Waals surface area contributed by atoms with Crippen molar-refractivity contribution in [3.8, 4) is 11.5 Å². The van der Waals surface area contributed by atoms with E-state index < -0.39 is 6.10 Å². The molecular weight excluding hydrogens is 332 g/mol. The molecule has 1 aromatic carbocycles. The third kappa shape index (κ3) is 1.95. The minimum atomic E-state index is -0.391. The maximum Gasteiger partial charge on any atom is 0.161 e. The number of fused-ring (bicyclic) bond motifs is 5. The van der Waals surface area contributed by atoms with Gasteiger partial charge in [0.1, 0.15) is 0 Å². The summed E-state index contributed by atoms with van der Waals surface area (Å²) in [5, 5.41) is 10.9. The summed E-state index contributed by atoms with van der Waals surface area (Å²) in [5.41, 5.74) is 0.937. The van der Waals surface area contributed by atoms with Crippen LogP contribution >= 0.6 is 15.9 Å². The quantitative estimate of drug-likeness (QED) is 0.895. The SMILES string of the molecule is COc1cc(Br)c(C(O)C2C3C4CCC(C4)C32)cc1OC. The Hall–Kier alpha value is -0.740. The molecule has 0 radical (unpaired) electrons. The molecule has 114 valence electrons. The second-order valence-electron chi connectivity index (χ2n) is 6.74. The first-order chi connectivity index (χ1) is 10.2. The van der Waals surface area contributed by atoms with E-state index in [2.05, 4.69) is 15.9 Å². The number of hydrogen-bond acceptors (Lipinski definition) is 3. The molecule has 4 heteroatoms. The molecule has 1 aromatic rings. The standard InChI is InChI=1S/C17H21BrO3/c1-20-12-6-10(11(18)7-13(12)21-2)17(19)16-14-8-3-4-9(5-8)15(14)16/h6-9,14-17,19H,3-5H2,1-2H3. The average molecular weight is 353 g/mol. The van der Waals surface area contributed by atoms with Crippen molar-refractivity contribution < 1.29 is 14.6 Å². The summed E-state index contributed by atoms with van der Waals surface area (Å²) in [6.45, 7) is 0. The third-order valence-electron chi connectivity index (χ3n) is 5.98. The van der Waals surface area contributed by atoms with Crippen LogP contribution in [0.3, 0.4) is 0 Å². The fraction of sp³-hybridized carbons (Fsp3) is 0.647. The number of aliphatic hydroxyl groups excluding tert-OH is 1. The largest absolute Gasteiger partial charge is 0.493 e. The van der Waals surface area contributed by atoms with Crippen LogP contribution in [-0.4, -0.2) is 19.3 Å². The molecule has 3 saturated carbocycles. The summed E-state index contributed by atoms with van der Waals surface area (Å²) in [6, 6.07) is 3.81. The van der Waals surface area contributed by atoms with Crippen LogP contribution < -0.4 is 9.47 Å². The molecule has 3 fully saturated rings. The maximum absolute atomic E-state index is 10.9. The number of methoxy groups -OCH3 is 2. The van der Waals surface area contributed by atoms with Gasteiger partial charge in [0.25, 0.3) is 0 Å². The Morgan fingerprint density at radius 3 is 2.24 bits per heavy atom. The first-order valence-corrected chi connectivity index (χ1v) is 8.54. The van der Waals surface area contributed by atoms with Crippen LogP contribution in [0, 0.1) is 29.6 Å². The van der Waals surface area contributed by atoms with Crippen molar-refractivity contribution in [2.45, 2.75) is 25.4 Å². The summed E-state index contributed by atoms with van der Waals surface area (Å²) in [4.78, 5) is 0. The minimum Gasteiger partial charge on any atom is -0.493 e. The first-order valence-electron chi connectivity index (χ1n) is 7.75. The van der Waals surface area contributed by atoms with Gasteiger partial charge in [-0.3, -0.25) is 0 Å². The number of halogens is 1. The van der Waals surface area contributed by atoms with Gasteiger partial charge in [-0.15, -0.1) is 0 Å². The predicted molar refractivity (Wildman–Crippen MR) is 83.5 cm³/mol. The van der Waals surface area contributed by atoms with Gasteiger partial charge in [0.05, 0.1) is 20.3 Å². The van der Waals surface area contributed by atoms with Crippen molar-refractivity contribution in [3.05, 3.63) is 22.2 Å². The van der Waals surface area contributed by atoms with Crippen molar-refractivity contribution >= 4 is 15.9 Å². The monoisotopic (exact) mass is 352 g/mol. The van der Waals surface area contributed by atoms with Crippen molar-refractivity contribution in [2.24, 2.45) is 29.6 Å². The van der Waals surface area contributed by atoms with Crippen molar-refractivity contribution in [1.29, 1.82) is 0 Å². The Kier molecular flexibility index (Phi) is 3.23. The van der Waals surface area contributed by atoms with Gasteiger partial charge in [-0.1, -0.05) is 15.9 Å². The van der Waals surface area contributed by atoms with E-state index in [1.165, 1.54) is 19.3 Å². The first kappa shape index (κ1) is 13.9. The molecule has 0 heterocycles. The normalized spacial score (nSPS) is 37.2. The minimum absolute atomic E-state index is 0.391. The lowest BCUT2D eigenvalue weighted by Gasteiger charge is -2.19. The molecule has 1 N–H and O–H groups in total. The molecular formula is C17H21BrO3. The molecule has 2 bridgehead atoms. The van der Waals surface area contributed by atoms with Crippen LogP contribution in [0.5, 0.6) is 11.5 Å². The second-order valence-corrected chi connectivity index (χ2v) is 7.59. The lowest BCUT2D eigenvalue weighted by atomic mass is 9.95. The zero-order chi connectivity index (χ0) is 14.7. The van der Waals surface area contributed by atoms with Crippen LogP contribution in [0.2, 0.25) is 0 Å². The van der Waals surface area contributed by atoms with E-state index >= 15 is 0 Å². The summed E-state index contributed by atoms with van der Waals surface area (Å²) < 4.78 is 11.6. The van der Waals surface area contributed by atoms with Crippen LogP contribution in [0.15, 0.2) is 16.6 Å². The highest BCUT2D eigenvalue weighted by atomic mass is 79.9. The molecule has 3 aliphatic rings. The highest BCUT2D eigenvalue weighted by Gasteiger charge is 2.66.